The van der Waals surface area contributed by atoms with Crippen molar-refractivity contribution >= 4 is 23.0 Å². The third-order valence-corrected chi connectivity index (χ3v) is 5.63. The molecular weight excluding hydrogens is 570 g/mol. The number of nitrogens with one attached hydrogen (secondary N) is 1. The van der Waals surface area contributed by atoms with Gasteiger partial charge in [-0.3, -0.25) is 34.1 Å². The SMILES string of the molecule is CC(=O)C(=CN(C)C)c1ccncc1.CC(=O)Cc1ccncc1.Cc1[nH]c(=O)c(C)cc1-c1ccncc1.N#CCC(N)=O. The van der Waals surface area contributed by atoms with E-state index >= 15 is 0 Å². The fourth-order valence-electron chi connectivity index (χ4n) is 3.58. The number of carbonyl (C=O) groups is 3. The molecule has 0 aromatic carbocycles. The number of nitrogens with two attached hydrogens (primary N) is 1. The van der Waals surface area contributed by atoms with Crippen LogP contribution < -0.4 is 11.3 Å². The number of rotatable bonds is 7. The highest BCUT2D eigenvalue weighted by Crippen LogP contribution is 2.20. The van der Waals surface area contributed by atoms with Crippen molar-refractivity contribution in [2.75, 3.05) is 14.1 Å². The van der Waals surface area contributed by atoms with Gasteiger partial charge in [-0.15, -0.1) is 0 Å². The van der Waals surface area contributed by atoms with E-state index in [4.69, 9.17) is 5.26 Å². The van der Waals surface area contributed by atoms with Gasteiger partial charge in [0.15, 0.2) is 5.78 Å². The van der Waals surface area contributed by atoms with Crippen LogP contribution in [-0.4, -0.2) is 56.4 Å². The summed E-state index contributed by atoms with van der Waals surface area (Å²) < 4.78 is 0. The first-order valence-electron chi connectivity index (χ1n) is 13.8. The molecule has 1 amide bonds. The number of aromatic nitrogens is 4. The molecule has 0 atom stereocenters. The summed E-state index contributed by atoms with van der Waals surface area (Å²) in [5.41, 5.74) is 10.9. The average molecular weight is 610 g/mol. The van der Waals surface area contributed by atoms with E-state index in [1.54, 1.807) is 57.1 Å². The number of carbonyl (C=O) groups excluding carboxylic acids is 3. The predicted octanol–water partition coefficient (Wildman–Crippen LogP) is 4.23. The topological polar surface area (TPSA) is 176 Å². The van der Waals surface area contributed by atoms with Gasteiger partial charge in [0, 0.05) is 86.3 Å². The maximum absolute atomic E-state index is 11.4. The Hall–Kier alpha value is -5.76. The van der Waals surface area contributed by atoms with Crippen LogP contribution in [0.5, 0.6) is 0 Å². The first-order chi connectivity index (χ1) is 21.3. The number of primary amides is 1. The van der Waals surface area contributed by atoms with Crippen molar-refractivity contribution in [1.29, 1.82) is 5.26 Å². The highest BCUT2D eigenvalue weighted by atomic mass is 16.1. The molecule has 0 aliphatic heterocycles. The number of amides is 1. The minimum atomic E-state index is -0.572. The zero-order valence-corrected chi connectivity index (χ0v) is 26.4. The minimum Gasteiger partial charge on any atom is -0.383 e. The predicted molar refractivity (Wildman–Crippen MR) is 174 cm³/mol. The van der Waals surface area contributed by atoms with Crippen molar-refractivity contribution in [2.45, 2.75) is 40.5 Å². The lowest BCUT2D eigenvalue weighted by Gasteiger charge is -2.09. The monoisotopic (exact) mass is 609 g/mol. The van der Waals surface area contributed by atoms with Crippen molar-refractivity contribution < 1.29 is 14.4 Å². The van der Waals surface area contributed by atoms with E-state index < -0.39 is 5.91 Å². The summed E-state index contributed by atoms with van der Waals surface area (Å²) in [5.74, 6) is -0.325. The molecule has 4 heterocycles. The lowest BCUT2D eigenvalue weighted by molar-refractivity contribution is -0.117. The molecule has 11 heteroatoms. The Morgan fingerprint density at radius 2 is 1.42 bits per heavy atom. The molecule has 234 valence electrons. The van der Waals surface area contributed by atoms with Gasteiger partial charge in [-0.1, -0.05) is 0 Å². The summed E-state index contributed by atoms with van der Waals surface area (Å²) in [6.07, 6.45) is 12.4. The number of pyridine rings is 4. The van der Waals surface area contributed by atoms with Gasteiger partial charge in [-0.25, -0.2) is 0 Å². The minimum absolute atomic E-state index is 0.0229. The van der Waals surface area contributed by atoms with Gasteiger partial charge in [0.1, 0.15) is 12.2 Å². The number of ketones is 2. The standard InChI is InChI=1S/C12H12N2O.C11H14N2O.C8H9NO.C3H4N2O/c1-8-7-11(9(2)14-12(8)15)10-3-5-13-6-4-10;1-9(14)11(8-13(2)3)10-4-6-12-7-5-10;1-7(10)6-8-2-4-9-5-3-8;4-2-1-3(5)6/h3-7H,1-2H3,(H,14,15);4-8H,1-3H3;2-5H,6H2,1H3;1H2,(H2,5,6). The number of nitrogens with zero attached hydrogens (tertiary/aromatic N) is 5. The Morgan fingerprint density at radius 1 is 0.911 bits per heavy atom. The van der Waals surface area contributed by atoms with Gasteiger partial charge in [-0.05, 0) is 86.8 Å². The molecule has 3 N–H and O–H groups in total. The quantitative estimate of drug-likeness (QED) is 0.290. The normalized spacial score (nSPS) is 9.84. The third-order valence-electron chi connectivity index (χ3n) is 5.63. The first-order valence-corrected chi connectivity index (χ1v) is 13.8. The molecule has 0 spiro atoms. The Bertz CT molecular complexity index is 1650. The number of allylic oxidation sites excluding steroid dienone is 1. The van der Waals surface area contributed by atoms with Crippen LogP contribution >= 0.6 is 0 Å². The van der Waals surface area contributed by atoms with Crippen LogP contribution in [0.4, 0.5) is 0 Å². The second kappa shape index (κ2) is 20.2. The smallest absolute Gasteiger partial charge is 0.251 e. The number of hydrogen-bond donors (Lipinski definition) is 2. The summed E-state index contributed by atoms with van der Waals surface area (Å²) in [7, 11) is 3.79. The molecule has 0 unspecified atom stereocenters. The van der Waals surface area contributed by atoms with Gasteiger partial charge in [0.2, 0.25) is 5.91 Å². The number of Topliss-reactive ketones (excluding diaryl/α,β-unsaturated/α-hetero) is 2. The van der Waals surface area contributed by atoms with Crippen molar-refractivity contribution in [3.05, 3.63) is 119 Å². The largest absolute Gasteiger partial charge is 0.383 e. The van der Waals surface area contributed by atoms with E-state index in [1.165, 1.54) is 0 Å². The molecule has 0 radical (unpaired) electrons. The summed E-state index contributed by atoms with van der Waals surface area (Å²) >= 11 is 0. The van der Waals surface area contributed by atoms with Crippen LogP contribution in [0.1, 0.15) is 42.7 Å². The maximum Gasteiger partial charge on any atom is 0.251 e. The molecular formula is C34H39N7O4. The Morgan fingerprint density at radius 3 is 1.84 bits per heavy atom. The maximum atomic E-state index is 11.4. The number of aromatic amines is 1. The fraction of sp³-hybridized carbons (Fsp3) is 0.235. The van der Waals surface area contributed by atoms with Gasteiger partial charge >= 0.3 is 0 Å². The molecule has 0 saturated carbocycles. The highest BCUT2D eigenvalue weighted by Gasteiger charge is 2.07. The summed E-state index contributed by atoms with van der Waals surface area (Å²) in [6, 6.07) is 14.7. The summed E-state index contributed by atoms with van der Waals surface area (Å²) in [5, 5.41) is 7.69. The average Bonchev–Trinajstić information content (AvgIpc) is 2.99. The molecule has 0 saturated heterocycles. The van der Waals surface area contributed by atoms with Crippen LogP contribution in [0.15, 0.2) is 90.6 Å². The van der Waals surface area contributed by atoms with E-state index in [0.29, 0.717) is 12.0 Å². The molecule has 4 aromatic heterocycles. The molecule has 11 nitrogen and oxygen atoms in total. The van der Waals surface area contributed by atoms with E-state index in [1.807, 2.05) is 81.5 Å². The number of hydrogen-bond acceptors (Lipinski definition) is 9. The van der Waals surface area contributed by atoms with E-state index in [2.05, 4.69) is 25.7 Å². The zero-order chi connectivity index (χ0) is 33.8. The number of nitriles is 1. The molecule has 45 heavy (non-hydrogen) atoms. The van der Waals surface area contributed by atoms with Crippen molar-refractivity contribution in [3.63, 3.8) is 0 Å². The van der Waals surface area contributed by atoms with E-state index in [9.17, 15) is 19.2 Å². The van der Waals surface area contributed by atoms with Gasteiger partial charge in [-0.2, -0.15) is 5.26 Å². The lowest BCUT2D eigenvalue weighted by atomic mass is 10.0. The summed E-state index contributed by atoms with van der Waals surface area (Å²) in [4.78, 5) is 59.3. The summed E-state index contributed by atoms with van der Waals surface area (Å²) in [6.45, 7) is 6.86. The van der Waals surface area contributed by atoms with Crippen LogP contribution in [-0.2, 0) is 20.8 Å². The Kier molecular flexibility index (Phi) is 16.7. The molecule has 0 aliphatic carbocycles. The van der Waals surface area contributed by atoms with E-state index in [0.717, 1.165) is 33.5 Å². The van der Waals surface area contributed by atoms with Gasteiger partial charge < -0.3 is 15.6 Å². The second-order valence-corrected chi connectivity index (χ2v) is 9.89. The second-order valence-electron chi connectivity index (χ2n) is 9.89. The molecule has 0 bridgehead atoms. The van der Waals surface area contributed by atoms with Gasteiger partial charge in [0.25, 0.3) is 5.56 Å². The lowest BCUT2D eigenvalue weighted by Crippen LogP contribution is -2.11. The van der Waals surface area contributed by atoms with Crippen LogP contribution in [0.3, 0.4) is 0 Å². The number of aryl methyl sites for hydroxylation is 2. The molecule has 4 aromatic rings. The first kappa shape index (κ1) is 37.3. The Labute approximate surface area is 263 Å². The zero-order valence-electron chi connectivity index (χ0n) is 26.4. The fourth-order valence-corrected chi connectivity index (χ4v) is 3.58. The van der Waals surface area contributed by atoms with Crippen molar-refractivity contribution in [2.24, 2.45) is 5.73 Å². The van der Waals surface area contributed by atoms with E-state index in [-0.39, 0.29) is 23.5 Å². The van der Waals surface area contributed by atoms with Crippen molar-refractivity contribution in [3.8, 4) is 17.2 Å². The van der Waals surface area contributed by atoms with Crippen molar-refractivity contribution in [1.82, 2.24) is 24.8 Å². The molecule has 0 aliphatic rings. The third kappa shape index (κ3) is 15.3. The van der Waals surface area contributed by atoms with Crippen LogP contribution in [0.25, 0.3) is 16.7 Å². The highest BCUT2D eigenvalue weighted by molar-refractivity contribution is 6.19. The molecule has 0 fully saturated rings. The Balaban J connectivity index is 0.000000315. The van der Waals surface area contributed by atoms with Crippen LogP contribution in [0.2, 0.25) is 0 Å². The number of H-pyrrole nitrogens is 1. The molecule has 4 rings (SSSR count). The van der Waals surface area contributed by atoms with Gasteiger partial charge in [0.05, 0.1) is 6.07 Å². The van der Waals surface area contributed by atoms with Crippen LogP contribution in [0, 0.1) is 25.2 Å².